The molecule has 0 radical (unpaired) electrons. The molecule has 6 heteroatoms. The summed E-state index contributed by atoms with van der Waals surface area (Å²) < 4.78 is 18.6. The van der Waals surface area contributed by atoms with Gasteiger partial charge in [-0.2, -0.15) is 0 Å². The van der Waals surface area contributed by atoms with Crippen molar-refractivity contribution in [2.75, 3.05) is 33.3 Å². The number of methoxy groups -OCH3 is 1. The van der Waals surface area contributed by atoms with Crippen molar-refractivity contribution in [2.45, 2.75) is 38.1 Å². The van der Waals surface area contributed by atoms with E-state index in [1.165, 1.54) is 38.2 Å². The van der Waals surface area contributed by atoms with Crippen LogP contribution < -0.4 is 4.74 Å². The number of amides is 1. The van der Waals surface area contributed by atoms with Gasteiger partial charge in [-0.25, -0.2) is 4.39 Å². The Hall–Kier alpha value is -1.95. The van der Waals surface area contributed by atoms with Gasteiger partial charge in [0.25, 0.3) is 0 Å². The maximum atomic E-state index is 13.7. The van der Waals surface area contributed by atoms with Crippen LogP contribution in [-0.2, 0) is 4.79 Å². The summed E-state index contributed by atoms with van der Waals surface area (Å²) >= 11 is 0. The molecule has 2 heterocycles. The molecule has 0 unspecified atom stereocenters. The van der Waals surface area contributed by atoms with Gasteiger partial charge in [-0.3, -0.25) is 14.5 Å². The van der Waals surface area contributed by atoms with E-state index in [4.69, 9.17) is 4.74 Å². The Morgan fingerprint density at radius 2 is 2.04 bits per heavy atom. The van der Waals surface area contributed by atoms with Crippen LogP contribution in [0.2, 0.25) is 0 Å². The Morgan fingerprint density at radius 1 is 1.20 bits per heavy atom. The summed E-state index contributed by atoms with van der Waals surface area (Å²) in [7, 11) is 1.38. The smallest absolute Gasteiger partial charge is 0.223 e. The third kappa shape index (κ3) is 4.18. The molecule has 1 aromatic carbocycles. The van der Waals surface area contributed by atoms with E-state index >= 15 is 0 Å². The van der Waals surface area contributed by atoms with Crippen LogP contribution in [0.1, 0.15) is 42.5 Å². The van der Waals surface area contributed by atoms with Gasteiger partial charge in [-0.05, 0) is 37.6 Å². The number of rotatable bonds is 5. The molecule has 0 bridgehead atoms. The molecule has 2 fully saturated rings. The summed E-state index contributed by atoms with van der Waals surface area (Å²) in [5.41, 5.74) is 0.281. The van der Waals surface area contributed by atoms with Gasteiger partial charge in [-0.1, -0.05) is 6.42 Å². The number of carbonyl (C=O) groups excluding carboxylic acids is 2. The molecule has 0 aliphatic carbocycles. The average Bonchev–Trinajstić information content (AvgIpc) is 2.65. The monoisotopic (exact) mass is 348 g/mol. The maximum Gasteiger partial charge on any atom is 0.223 e. The van der Waals surface area contributed by atoms with Crippen LogP contribution in [0.3, 0.4) is 0 Å². The zero-order valence-corrected chi connectivity index (χ0v) is 14.7. The zero-order valence-electron chi connectivity index (χ0n) is 14.7. The Morgan fingerprint density at radius 3 is 2.80 bits per heavy atom. The number of nitrogens with zero attached hydrogens (tertiary/aromatic N) is 2. The van der Waals surface area contributed by atoms with E-state index in [1.807, 2.05) is 4.90 Å². The van der Waals surface area contributed by atoms with Crippen molar-refractivity contribution < 1.29 is 18.7 Å². The first-order valence-corrected chi connectivity index (χ1v) is 8.97. The lowest BCUT2D eigenvalue weighted by molar-refractivity contribution is -0.134. The first-order valence-electron chi connectivity index (χ1n) is 8.97. The molecular formula is C19H25FN2O3. The van der Waals surface area contributed by atoms with Crippen molar-refractivity contribution in [3.8, 4) is 5.75 Å². The van der Waals surface area contributed by atoms with Crippen molar-refractivity contribution in [2.24, 2.45) is 0 Å². The van der Waals surface area contributed by atoms with Gasteiger partial charge < -0.3 is 9.64 Å². The van der Waals surface area contributed by atoms with E-state index in [1.54, 1.807) is 0 Å². The minimum atomic E-state index is -0.562. The van der Waals surface area contributed by atoms with E-state index in [-0.39, 0.29) is 35.8 Å². The van der Waals surface area contributed by atoms with Crippen LogP contribution in [0.25, 0.3) is 0 Å². The minimum absolute atomic E-state index is 0.0209. The first kappa shape index (κ1) is 17.9. The Kier molecular flexibility index (Phi) is 5.68. The summed E-state index contributed by atoms with van der Waals surface area (Å²) in [6, 6.07) is 4.62. The summed E-state index contributed by atoms with van der Waals surface area (Å²) in [5.74, 6) is -0.648. The third-order valence-corrected chi connectivity index (χ3v) is 5.23. The van der Waals surface area contributed by atoms with Crippen LogP contribution >= 0.6 is 0 Å². The fraction of sp³-hybridized carbons (Fsp3) is 0.579. The van der Waals surface area contributed by atoms with Crippen molar-refractivity contribution in [1.29, 1.82) is 0 Å². The second-order valence-corrected chi connectivity index (χ2v) is 6.80. The number of benzene rings is 1. The largest absolute Gasteiger partial charge is 0.494 e. The van der Waals surface area contributed by atoms with Gasteiger partial charge in [-0.15, -0.1) is 0 Å². The Balaban J connectivity index is 1.51. The molecule has 0 N–H and O–H groups in total. The normalized spacial score (nSPS) is 20.9. The number of hydrogen-bond acceptors (Lipinski definition) is 4. The Bertz CT molecular complexity index is 650. The highest BCUT2D eigenvalue weighted by Gasteiger charge is 2.30. The SMILES string of the molecule is COc1ccc(C(=O)CCC(=O)N2CCN3CCCC[C@H]3C2)cc1F. The van der Waals surface area contributed by atoms with Crippen LogP contribution in [0.4, 0.5) is 4.39 Å². The number of piperidine rings is 1. The summed E-state index contributed by atoms with van der Waals surface area (Å²) in [6.07, 6.45) is 3.91. The molecule has 2 aliphatic heterocycles. The highest BCUT2D eigenvalue weighted by Crippen LogP contribution is 2.22. The third-order valence-electron chi connectivity index (χ3n) is 5.23. The van der Waals surface area contributed by atoms with E-state index in [0.29, 0.717) is 6.04 Å². The van der Waals surface area contributed by atoms with Gasteiger partial charge in [0.2, 0.25) is 5.91 Å². The minimum Gasteiger partial charge on any atom is -0.494 e. The van der Waals surface area contributed by atoms with Crippen LogP contribution in [0.15, 0.2) is 18.2 Å². The van der Waals surface area contributed by atoms with E-state index in [0.717, 1.165) is 32.6 Å². The number of piperazine rings is 1. The summed E-state index contributed by atoms with van der Waals surface area (Å²) in [6.45, 7) is 3.56. The fourth-order valence-corrected chi connectivity index (χ4v) is 3.75. The van der Waals surface area contributed by atoms with Gasteiger partial charge >= 0.3 is 0 Å². The van der Waals surface area contributed by atoms with Crippen molar-refractivity contribution in [1.82, 2.24) is 9.80 Å². The number of ketones is 1. The number of fused-ring (bicyclic) bond motifs is 1. The predicted molar refractivity (Wildman–Crippen MR) is 92.3 cm³/mol. The first-order chi connectivity index (χ1) is 12.1. The van der Waals surface area contributed by atoms with Gasteiger partial charge in [0.05, 0.1) is 7.11 Å². The molecule has 1 aromatic rings. The lowest BCUT2D eigenvalue weighted by Gasteiger charge is -2.44. The standard InChI is InChI=1S/C19H25FN2O3/c1-25-18-7-5-14(12-16(18)20)17(23)6-8-19(24)22-11-10-21-9-3-2-4-15(21)13-22/h5,7,12,15H,2-4,6,8-11,13H2,1H3/t15-/m0/s1. The van der Waals surface area contributed by atoms with E-state index < -0.39 is 5.82 Å². The molecule has 2 aliphatic rings. The lowest BCUT2D eigenvalue weighted by atomic mass is 9.99. The molecule has 1 atom stereocenters. The van der Waals surface area contributed by atoms with E-state index in [9.17, 15) is 14.0 Å². The van der Waals surface area contributed by atoms with E-state index in [2.05, 4.69) is 4.90 Å². The lowest BCUT2D eigenvalue weighted by Crippen LogP contribution is -2.56. The highest BCUT2D eigenvalue weighted by molar-refractivity contribution is 5.98. The van der Waals surface area contributed by atoms with Crippen LogP contribution in [-0.4, -0.2) is 60.8 Å². The molecule has 0 spiro atoms. The second kappa shape index (κ2) is 7.95. The molecule has 5 nitrogen and oxygen atoms in total. The number of ether oxygens (including phenoxy) is 1. The number of Topliss-reactive ketones (excluding diaryl/α,β-unsaturated/α-hetero) is 1. The molecule has 3 rings (SSSR count). The fourth-order valence-electron chi connectivity index (χ4n) is 3.75. The van der Waals surface area contributed by atoms with Gasteiger partial charge in [0, 0.05) is 44.1 Å². The highest BCUT2D eigenvalue weighted by atomic mass is 19.1. The zero-order chi connectivity index (χ0) is 17.8. The van der Waals surface area contributed by atoms with Gasteiger partial charge in [0.1, 0.15) is 0 Å². The van der Waals surface area contributed by atoms with Crippen molar-refractivity contribution >= 4 is 11.7 Å². The molecule has 0 aromatic heterocycles. The quantitative estimate of drug-likeness (QED) is 0.767. The number of carbonyl (C=O) groups is 2. The summed E-state index contributed by atoms with van der Waals surface area (Å²) in [4.78, 5) is 29.0. The second-order valence-electron chi connectivity index (χ2n) is 6.80. The number of hydrogen-bond donors (Lipinski definition) is 0. The predicted octanol–water partition coefficient (Wildman–Crippen LogP) is 2.49. The topological polar surface area (TPSA) is 49.9 Å². The molecule has 136 valence electrons. The summed E-state index contributed by atoms with van der Waals surface area (Å²) in [5, 5.41) is 0. The molecule has 1 amide bonds. The Labute approximate surface area is 147 Å². The van der Waals surface area contributed by atoms with Crippen molar-refractivity contribution in [3.05, 3.63) is 29.6 Å². The molecule has 0 saturated carbocycles. The number of halogens is 1. The van der Waals surface area contributed by atoms with Gasteiger partial charge in [0.15, 0.2) is 17.3 Å². The maximum absolute atomic E-state index is 13.7. The molecular weight excluding hydrogens is 323 g/mol. The average molecular weight is 348 g/mol. The van der Waals surface area contributed by atoms with Crippen molar-refractivity contribution in [3.63, 3.8) is 0 Å². The molecule has 25 heavy (non-hydrogen) atoms. The van der Waals surface area contributed by atoms with Crippen LogP contribution in [0, 0.1) is 5.82 Å². The van der Waals surface area contributed by atoms with Crippen LogP contribution in [0.5, 0.6) is 5.75 Å². The molecule has 2 saturated heterocycles.